The van der Waals surface area contributed by atoms with Gasteiger partial charge in [0.15, 0.2) is 6.61 Å². The van der Waals surface area contributed by atoms with Crippen molar-refractivity contribution in [1.82, 2.24) is 5.43 Å². The minimum atomic E-state index is -0.841. The van der Waals surface area contributed by atoms with Crippen LogP contribution in [0, 0.1) is 10.1 Å². The largest absolute Gasteiger partial charge is 0.484 e. The lowest BCUT2D eigenvalue weighted by Crippen LogP contribution is -2.24. The highest BCUT2D eigenvalue weighted by Gasteiger charge is 2.20. The molecule has 0 bridgehead atoms. The number of carbonyl (C=O) groups excluding carboxylic acids is 2. The van der Waals surface area contributed by atoms with Crippen LogP contribution in [0.25, 0.3) is 0 Å². The summed E-state index contributed by atoms with van der Waals surface area (Å²) in [5.74, 6) is -0.594. The second-order valence-corrected chi connectivity index (χ2v) is 6.71. The van der Waals surface area contributed by atoms with Crippen molar-refractivity contribution in [2.24, 2.45) is 5.10 Å². The number of carbonyl (C=O) groups is 2. The van der Waals surface area contributed by atoms with Crippen LogP contribution in [0.15, 0.2) is 77.9 Å². The van der Waals surface area contributed by atoms with Crippen molar-refractivity contribution >= 4 is 35.4 Å². The van der Waals surface area contributed by atoms with Gasteiger partial charge in [0.2, 0.25) is 0 Å². The fourth-order valence-electron chi connectivity index (χ4n) is 2.48. The van der Waals surface area contributed by atoms with Crippen LogP contribution in [0.1, 0.15) is 15.9 Å². The van der Waals surface area contributed by atoms with E-state index in [4.69, 9.17) is 21.1 Å². The topological polar surface area (TPSA) is 120 Å². The molecule has 1 amide bonds. The normalized spacial score (nSPS) is 10.5. The second-order valence-electron chi connectivity index (χ2n) is 6.27. The third-order valence-corrected chi connectivity index (χ3v) is 4.25. The molecular weight excluding hydrogens is 438 g/mol. The molecule has 0 saturated carbocycles. The maximum absolute atomic E-state index is 12.2. The Bertz CT molecular complexity index is 1150. The lowest BCUT2D eigenvalue weighted by Gasteiger charge is -2.05. The van der Waals surface area contributed by atoms with Gasteiger partial charge in [-0.1, -0.05) is 23.7 Å². The minimum absolute atomic E-state index is 0.147. The van der Waals surface area contributed by atoms with Gasteiger partial charge in [0.05, 0.1) is 11.1 Å². The van der Waals surface area contributed by atoms with E-state index in [1.807, 2.05) is 0 Å². The summed E-state index contributed by atoms with van der Waals surface area (Å²) >= 11 is 5.78. The third kappa shape index (κ3) is 6.38. The number of hydrogen-bond donors (Lipinski definition) is 1. The molecule has 3 aromatic carbocycles. The Morgan fingerprint density at radius 1 is 1.00 bits per heavy atom. The minimum Gasteiger partial charge on any atom is -0.484 e. The first-order valence-electron chi connectivity index (χ1n) is 9.18. The Hall–Kier alpha value is -4.24. The molecule has 0 saturated heterocycles. The van der Waals surface area contributed by atoms with E-state index < -0.39 is 16.8 Å². The van der Waals surface area contributed by atoms with Gasteiger partial charge in [-0.05, 0) is 60.2 Å². The van der Waals surface area contributed by atoms with E-state index in [1.165, 1.54) is 42.6 Å². The molecule has 0 atom stereocenters. The van der Waals surface area contributed by atoms with Crippen LogP contribution in [0.4, 0.5) is 5.69 Å². The first kappa shape index (κ1) is 22.4. The average Bonchev–Trinajstić information content (AvgIpc) is 2.80. The van der Waals surface area contributed by atoms with Crippen LogP contribution >= 0.6 is 11.6 Å². The molecule has 0 aliphatic carbocycles. The predicted octanol–water partition coefficient (Wildman–Crippen LogP) is 4.00. The third-order valence-electron chi connectivity index (χ3n) is 4.00. The van der Waals surface area contributed by atoms with Crippen molar-refractivity contribution in [2.45, 2.75) is 0 Å². The highest BCUT2D eigenvalue weighted by atomic mass is 35.5. The van der Waals surface area contributed by atoms with Crippen molar-refractivity contribution in [3.05, 3.63) is 99.1 Å². The maximum atomic E-state index is 12.2. The highest BCUT2D eigenvalue weighted by molar-refractivity contribution is 6.30. The van der Waals surface area contributed by atoms with E-state index >= 15 is 0 Å². The molecule has 3 aromatic rings. The number of nitro groups is 1. The number of halogens is 1. The molecule has 0 radical (unpaired) electrons. The summed E-state index contributed by atoms with van der Waals surface area (Å²) in [4.78, 5) is 34.4. The van der Waals surface area contributed by atoms with Gasteiger partial charge in [-0.15, -0.1) is 0 Å². The molecular formula is C22H16ClN3O6. The van der Waals surface area contributed by atoms with E-state index in [2.05, 4.69) is 10.5 Å². The van der Waals surface area contributed by atoms with E-state index in [9.17, 15) is 19.7 Å². The van der Waals surface area contributed by atoms with Gasteiger partial charge in [-0.25, -0.2) is 10.2 Å². The molecule has 0 aromatic heterocycles. The molecule has 0 spiro atoms. The first-order chi connectivity index (χ1) is 15.4. The highest BCUT2D eigenvalue weighted by Crippen LogP contribution is 2.20. The van der Waals surface area contributed by atoms with Gasteiger partial charge < -0.3 is 9.47 Å². The SMILES string of the molecule is O=C(COc1ccc(Cl)cc1)N/N=C\c1ccc(OC(=O)c2ccccc2[N+](=O)[O-])cc1. The number of esters is 1. The van der Waals surface area contributed by atoms with E-state index in [0.29, 0.717) is 16.3 Å². The number of para-hydroxylation sites is 1. The van der Waals surface area contributed by atoms with Crippen LogP contribution in [-0.4, -0.2) is 29.6 Å². The van der Waals surface area contributed by atoms with Gasteiger partial charge in [0, 0.05) is 11.1 Å². The van der Waals surface area contributed by atoms with Crippen LogP contribution in [0.5, 0.6) is 11.5 Å². The zero-order chi connectivity index (χ0) is 22.9. The number of hydrazone groups is 1. The summed E-state index contributed by atoms with van der Waals surface area (Å²) in [6, 6.07) is 18.3. The van der Waals surface area contributed by atoms with Gasteiger partial charge in [-0.2, -0.15) is 5.10 Å². The number of benzene rings is 3. The fourth-order valence-corrected chi connectivity index (χ4v) is 2.61. The van der Waals surface area contributed by atoms with Crippen LogP contribution < -0.4 is 14.9 Å². The Morgan fingerprint density at radius 3 is 2.34 bits per heavy atom. The number of nitrogens with one attached hydrogen (secondary N) is 1. The number of nitro benzene ring substituents is 1. The molecule has 0 unspecified atom stereocenters. The van der Waals surface area contributed by atoms with E-state index in [-0.39, 0.29) is 23.6 Å². The maximum Gasteiger partial charge on any atom is 0.350 e. The lowest BCUT2D eigenvalue weighted by molar-refractivity contribution is -0.385. The summed E-state index contributed by atoms with van der Waals surface area (Å²) in [5, 5.41) is 15.4. The van der Waals surface area contributed by atoms with Crippen LogP contribution in [0.3, 0.4) is 0 Å². The van der Waals surface area contributed by atoms with Gasteiger partial charge in [0.25, 0.3) is 11.6 Å². The molecule has 162 valence electrons. The average molecular weight is 454 g/mol. The van der Waals surface area contributed by atoms with Crippen molar-refractivity contribution in [2.75, 3.05) is 6.61 Å². The van der Waals surface area contributed by atoms with Crippen molar-refractivity contribution < 1.29 is 24.0 Å². The van der Waals surface area contributed by atoms with Gasteiger partial charge in [0.1, 0.15) is 17.1 Å². The van der Waals surface area contributed by atoms with Crippen molar-refractivity contribution in [1.29, 1.82) is 0 Å². The summed E-state index contributed by atoms with van der Waals surface area (Å²) < 4.78 is 10.5. The number of ether oxygens (including phenoxy) is 2. The van der Waals surface area contributed by atoms with Crippen molar-refractivity contribution in [3.8, 4) is 11.5 Å². The van der Waals surface area contributed by atoms with Crippen LogP contribution in [0.2, 0.25) is 5.02 Å². The van der Waals surface area contributed by atoms with E-state index in [1.54, 1.807) is 36.4 Å². The lowest BCUT2D eigenvalue weighted by atomic mass is 10.2. The summed E-state index contributed by atoms with van der Waals surface area (Å²) in [6.07, 6.45) is 1.40. The Balaban J connectivity index is 1.50. The fraction of sp³-hybridized carbons (Fsp3) is 0.0455. The first-order valence-corrected chi connectivity index (χ1v) is 9.56. The van der Waals surface area contributed by atoms with Crippen LogP contribution in [-0.2, 0) is 4.79 Å². The monoisotopic (exact) mass is 453 g/mol. The predicted molar refractivity (Wildman–Crippen MR) is 117 cm³/mol. The van der Waals surface area contributed by atoms with Gasteiger partial charge in [-0.3, -0.25) is 14.9 Å². The molecule has 0 aliphatic heterocycles. The number of amides is 1. The quantitative estimate of drug-likeness (QED) is 0.181. The molecule has 0 aliphatic rings. The zero-order valence-corrected chi connectivity index (χ0v) is 17.2. The standard InChI is InChI=1S/C22H16ClN3O6/c23-16-7-11-17(12-8-16)31-14-21(27)25-24-13-15-5-9-18(10-6-15)32-22(28)19-3-1-2-4-20(19)26(29)30/h1-13H,14H2,(H,25,27)/b24-13-. The molecule has 1 N–H and O–H groups in total. The van der Waals surface area contributed by atoms with Crippen molar-refractivity contribution in [3.63, 3.8) is 0 Å². The Labute approximate surface area is 187 Å². The Kier molecular flexibility index (Phi) is 7.50. The Morgan fingerprint density at radius 2 is 1.66 bits per heavy atom. The smallest absolute Gasteiger partial charge is 0.350 e. The number of rotatable bonds is 8. The number of nitrogens with zero attached hydrogens (tertiary/aromatic N) is 2. The second kappa shape index (κ2) is 10.7. The zero-order valence-electron chi connectivity index (χ0n) is 16.4. The molecule has 10 heteroatoms. The molecule has 0 heterocycles. The molecule has 0 fully saturated rings. The molecule has 9 nitrogen and oxygen atoms in total. The molecule has 3 rings (SSSR count). The summed E-state index contributed by atoms with van der Waals surface area (Å²) in [6.45, 7) is -0.223. The summed E-state index contributed by atoms with van der Waals surface area (Å²) in [5.41, 5.74) is 2.47. The molecule has 32 heavy (non-hydrogen) atoms. The van der Waals surface area contributed by atoms with Gasteiger partial charge >= 0.3 is 5.97 Å². The van der Waals surface area contributed by atoms with E-state index in [0.717, 1.165) is 0 Å². The summed E-state index contributed by atoms with van der Waals surface area (Å²) in [7, 11) is 0. The number of hydrogen-bond acceptors (Lipinski definition) is 7.